The minimum absolute atomic E-state index is 0.635. The molecule has 0 atom stereocenters. The lowest BCUT2D eigenvalue weighted by Gasteiger charge is -2.07. The van der Waals surface area contributed by atoms with Crippen LogP contribution >= 0.6 is 0 Å². The molecule has 0 bridgehead atoms. The highest BCUT2D eigenvalue weighted by Crippen LogP contribution is 2.30. The molecule has 0 N–H and O–H groups in total. The largest absolute Gasteiger partial charge is 0.282 e. The number of aromatic nitrogens is 7. The zero-order chi connectivity index (χ0) is 18.5. The minimum Gasteiger partial charge on any atom is -0.282 e. The Morgan fingerprint density at radius 1 is 0.963 bits per heavy atom. The zero-order valence-corrected chi connectivity index (χ0v) is 15.2. The molecular formula is C20H17N7. The smallest absolute Gasteiger partial charge is 0.183 e. The summed E-state index contributed by atoms with van der Waals surface area (Å²) in [5.41, 5.74) is 5.86. The van der Waals surface area contributed by atoms with Gasteiger partial charge in [-0.25, -0.2) is 19.5 Å². The van der Waals surface area contributed by atoms with Crippen molar-refractivity contribution in [2.75, 3.05) is 0 Å². The van der Waals surface area contributed by atoms with Gasteiger partial charge in [0.1, 0.15) is 12.1 Å². The van der Waals surface area contributed by atoms with Gasteiger partial charge in [0.15, 0.2) is 17.1 Å². The Bertz CT molecular complexity index is 1300. The van der Waals surface area contributed by atoms with Crippen molar-refractivity contribution in [1.82, 2.24) is 34.1 Å². The lowest BCUT2D eigenvalue weighted by Crippen LogP contribution is -2.01. The molecule has 0 unspecified atom stereocenters. The molecule has 0 radical (unpaired) electrons. The van der Waals surface area contributed by atoms with E-state index in [4.69, 9.17) is 4.98 Å². The number of nitrogens with zero attached hydrogens (tertiary/aromatic N) is 7. The molecule has 0 saturated heterocycles. The molecule has 0 aliphatic heterocycles. The molecule has 0 aliphatic rings. The van der Waals surface area contributed by atoms with E-state index in [1.807, 2.05) is 24.4 Å². The van der Waals surface area contributed by atoms with E-state index in [9.17, 15) is 0 Å². The minimum atomic E-state index is 0.635. The van der Waals surface area contributed by atoms with Crippen LogP contribution in [0.3, 0.4) is 0 Å². The molecule has 0 spiro atoms. The third kappa shape index (κ3) is 2.32. The van der Waals surface area contributed by atoms with E-state index in [0.717, 1.165) is 44.9 Å². The molecular weight excluding hydrogens is 338 g/mol. The van der Waals surface area contributed by atoms with Crippen LogP contribution in [0, 0.1) is 20.8 Å². The average Bonchev–Trinajstić information content (AvgIpc) is 3.22. The van der Waals surface area contributed by atoms with Gasteiger partial charge in [0, 0.05) is 29.8 Å². The molecule has 5 aromatic rings. The number of hydrogen-bond donors (Lipinski definition) is 0. The van der Waals surface area contributed by atoms with Crippen molar-refractivity contribution >= 4 is 16.7 Å². The van der Waals surface area contributed by atoms with Gasteiger partial charge in [-0.1, -0.05) is 0 Å². The summed E-state index contributed by atoms with van der Waals surface area (Å²) in [5, 5.41) is 5.57. The van der Waals surface area contributed by atoms with Crippen LogP contribution in [0.2, 0.25) is 0 Å². The summed E-state index contributed by atoms with van der Waals surface area (Å²) in [6.45, 7) is 6.23. The lowest BCUT2D eigenvalue weighted by atomic mass is 10.2. The summed E-state index contributed by atoms with van der Waals surface area (Å²) in [5.74, 6) is 1.49. The van der Waals surface area contributed by atoms with E-state index in [0.29, 0.717) is 5.82 Å². The monoisotopic (exact) mass is 355 g/mol. The van der Waals surface area contributed by atoms with E-state index in [2.05, 4.69) is 51.5 Å². The Hall–Kier alpha value is -3.61. The molecule has 7 nitrogen and oxygen atoms in total. The molecule has 132 valence electrons. The van der Waals surface area contributed by atoms with Crippen molar-refractivity contribution in [3.05, 3.63) is 66.0 Å². The van der Waals surface area contributed by atoms with E-state index in [-0.39, 0.29) is 0 Å². The summed E-state index contributed by atoms with van der Waals surface area (Å²) in [7, 11) is 0. The molecule has 0 aromatic carbocycles. The van der Waals surface area contributed by atoms with E-state index < -0.39 is 0 Å². The SMILES string of the molecule is Cc1ccnc(-n2c(C)c(C)c3c2ncn2nc(-c4cccnc4)nc32)c1. The number of pyridine rings is 2. The highest BCUT2D eigenvalue weighted by atomic mass is 15.3. The van der Waals surface area contributed by atoms with Gasteiger partial charge in [0.05, 0.1) is 5.39 Å². The highest BCUT2D eigenvalue weighted by Gasteiger charge is 2.19. The summed E-state index contributed by atoms with van der Waals surface area (Å²) in [6.07, 6.45) is 7.03. The van der Waals surface area contributed by atoms with Gasteiger partial charge in [-0.05, 0) is 56.2 Å². The maximum absolute atomic E-state index is 4.78. The zero-order valence-electron chi connectivity index (χ0n) is 15.2. The first-order valence-corrected chi connectivity index (χ1v) is 8.70. The molecule has 0 saturated carbocycles. The van der Waals surface area contributed by atoms with Crippen LogP contribution in [-0.2, 0) is 0 Å². The molecule has 7 heteroatoms. The Kier molecular flexibility index (Phi) is 3.30. The highest BCUT2D eigenvalue weighted by molar-refractivity contribution is 5.95. The molecule has 5 aromatic heterocycles. The van der Waals surface area contributed by atoms with Crippen LogP contribution in [0.25, 0.3) is 33.9 Å². The fourth-order valence-electron chi connectivity index (χ4n) is 3.40. The van der Waals surface area contributed by atoms with Crippen molar-refractivity contribution in [1.29, 1.82) is 0 Å². The van der Waals surface area contributed by atoms with Crippen molar-refractivity contribution in [2.24, 2.45) is 0 Å². The molecule has 27 heavy (non-hydrogen) atoms. The van der Waals surface area contributed by atoms with Crippen molar-refractivity contribution in [2.45, 2.75) is 20.8 Å². The molecule has 5 heterocycles. The number of rotatable bonds is 2. The van der Waals surface area contributed by atoms with Crippen molar-refractivity contribution in [3.63, 3.8) is 0 Å². The Balaban J connectivity index is 1.82. The summed E-state index contributed by atoms with van der Waals surface area (Å²) in [4.78, 5) is 18.1. The maximum atomic E-state index is 4.78. The summed E-state index contributed by atoms with van der Waals surface area (Å²) in [6, 6.07) is 7.88. The second-order valence-corrected chi connectivity index (χ2v) is 6.63. The van der Waals surface area contributed by atoms with Gasteiger partial charge >= 0.3 is 0 Å². The second kappa shape index (κ2) is 5.70. The quantitative estimate of drug-likeness (QED) is 0.485. The average molecular weight is 355 g/mol. The van der Waals surface area contributed by atoms with Crippen LogP contribution in [0.15, 0.2) is 49.2 Å². The first kappa shape index (κ1) is 15.6. The van der Waals surface area contributed by atoms with Gasteiger partial charge in [-0.2, -0.15) is 0 Å². The first-order valence-electron chi connectivity index (χ1n) is 8.70. The first-order chi connectivity index (χ1) is 13.1. The van der Waals surface area contributed by atoms with Crippen LogP contribution in [0.1, 0.15) is 16.8 Å². The van der Waals surface area contributed by atoms with Gasteiger partial charge in [-0.15, -0.1) is 5.10 Å². The molecule has 0 aliphatic carbocycles. The summed E-state index contributed by atoms with van der Waals surface area (Å²) < 4.78 is 3.81. The maximum Gasteiger partial charge on any atom is 0.183 e. The molecule has 0 amide bonds. The van der Waals surface area contributed by atoms with Crippen LogP contribution in [0.4, 0.5) is 0 Å². The van der Waals surface area contributed by atoms with Crippen molar-refractivity contribution < 1.29 is 0 Å². The van der Waals surface area contributed by atoms with Gasteiger partial charge < -0.3 is 0 Å². The van der Waals surface area contributed by atoms with Gasteiger partial charge in [0.2, 0.25) is 0 Å². The fraction of sp³-hybridized carbons (Fsp3) is 0.150. The number of hydrogen-bond acceptors (Lipinski definition) is 5. The predicted octanol–water partition coefficient (Wildman–Crippen LogP) is 3.45. The third-order valence-corrected chi connectivity index (χ3v) is 4.88. The van der Waals surface area contributed by atoms with Crippen LogP contribution in [0.5, 0.6) is 0 Å². The van der Waals surface area contributed by atoms with Crippen LogP contribution < -0.4 is 0 Å². The van der Waals surface area contributed by atoms with E-state index in [1.54, 1.807) is 23.2 Å². The molecule has 5 rings (SSSR count). The second-order valence-electron chi connectivity index (χ2n) is 6.63. The normalized spacial score (nSPS) is 11.5. The van der Waals surface area contributed by atoms with E-state index >= 15 is 0 Å². The van der Waals surface area contributed by atoms with Gasteiger partial charge in [-0.3, -0.25) is 9.55 Å². The van der Waals surface area contributed by atoms with E-state index in [1.165, 1.54) is 0 Å². The topological polar surface area (TPSA) is 73.8 Å². The number of aryl methyl sites for hydroxylation is 2. The Morgan fingerprint density at radius 2 is 1.85 bits per heavy atom. The predicted molar refractivity (Wildman–Crippen MR) is 103 cm³/mol. The van der Waals surface area contributed by atoms with Crippen LogP contribution in [-0.4, -0.2) is 34.1 Å². The van der Waals surface area contributed by atoms with Gasteiger partial charge in [0.25, 0.3) is 0 Å². The summed E-state index contributed by atoms with van der Waals surface area (Å²) >= 11 is 0. The lowest BCUT2D eigenvalue weighted by molar-refractivity contribution is 0.918. The van der Waals surface area contributed by atoms with Crippen molar-refractivity contribution in [3.8, 4) is 17.2 Å². The third-order valence-electron chi connectivity index (χ3n) is 4.88. The Labute approximate surface area is 155 Å². The molecule has 0 fully saturated rings. The Morgan fingerprint density at radius 3 is 2.63 bits per heavy atom. The standard InChI is InChI=1S/C20H17N7/c1-12-6-8-22-16(9-12)27-14(3)13(2)17-19(27)23-11-26-20(17)24-18(25-26)15-5-4-7-21-10-15/h4-11H,1-3H3. The fourth-order valence-corrected chi connectivity index (χ4v) is 3.40. The number of fused-ring (bicyclic) bond motifs is 3.